The van der Waals surface area contributed by atoms with E-state index in [0.29, 0.717) is 13.0 Å². The molecule has 0 aliphatic carbocycles. The Bertz CT molecular complexity index is 367. The van der Waals surface area contributed by atoms with Crippen molar-refractivity contribution in [2.24, 2.45) is 5.73 Å². The summed E-state index contributed by atoms with van der Waals surface area (Å²) in [5, 5.41) is 10.3. The summed E-state index contributed by atoms with van der Waals surface area (Å²) in [4.78, 5) is 20.5. The molecule has 0 unspecified atom stereocenters. The minimum Gasteiger partial charge on any atom is -0.481 e. The fourth-order valence-electron chi connectivity index (χ4n) is 2.77. The third kappa shape index (κ3) is 32.3. The number of amides is 1. The first-order chi connectivity index (χ1) is 13.5. The molecule has 0 aliphatic rings. The first-order valence-corrected chi connectivity index (χ1v) is 11.4. The minimum atomic E-state index is -0.833. The second kappa shape index (κ2) is 25.6. The molecule has 0 aromatic rings. The molecule has 5 nitrogen and oxygen atoms in total. The molecule has 0 atom stereocenters. The molecule has 1 amide bonds. The van der Waals surface area contributed by atoms with E-state index in [9.17, 15) is 4.79 Å². The zero-order valence-corrected chi connectivity index (χ0v) is 18.5. The SMILES string of the molecule is CC(=O)O.CCCCCCCC/C=C\CCCCCCCC(=O)NCCCN. The standard InChI is InChI=1S/C21H42N2O.C2H4O2/c1-2-3-4-5-6-7-8-9-10-11-12-13-14-15-16-18-21(24)23-20-17-19-22;1-2(3)4/h9-10H,2-8,11-20,22H2,1H3,(H,23,24);1H3,(H,3,4)/b10-9-;. The molecule has 0 aromatic heterocycles. The lowest BCUT2D eigenvalue weighted by atomic mass is 10.1. The zero-order valence-electron chi connectivity index (χ0n) is 18.5. The molecule has 0 saturated carbocycles. The van der Waals surface area contributed by atoms with Crippen molar-refractivity contribution in [1.29, 1.82) is 0 Å². The average molecular weight is 399 g/mol. The Balaban J connectivity index is 0. The summed E-state index contributed by atoms with van der Waals surface area (Å²) in [7, 11) is 0. The number of nitrogens with two attached hydrogens (primary N) is 1. The summed E-state index contributed by atoms with van der Waals surface area (Å²) in [6, 6.07) is 0. The van der Waals surface area contributed by atoms with Gasteiger partial charge in [0.05, 0.1) is 0 Å². The summed E-state index contributed by atoms with van der Waals surface area (Å²) in [5.74, 6) is -0.652. The number of hydrogen-bond donors (Lipinski definition) is 3. The number of carbonyl (C=O) groups is 2. The lowest BCUT2D eigenvalue weighted by molar-refractivity contribution is -0.134. The summed E-state index contributed by atoms with van der Waals surface area (Å²) in [6.07, 6.45) is 23.1. The van der Waals surface area contributed by atoms with E-state index in [1.807, 2.05) is 0 Å². The van der Waals surface area contributed by atoms with Gasteiger partial charge in [0.25, 0.3) is 5.97 Å². The Morgan fingerprint density at radius 1 is 0.821 bits per heavy atom. The molecule has 4 N–H and O–H groups in total. The van der Waals surface area contributed by atoms with Gasteiger partial charge >= 0.3 is 0 Å². The maximum Gasteiger partial charge on any atom is 0.300 e. The Hall–Kier alpha value is -1.36. The highest BCUT2D eigenvalue weighted by Gasteiger charge is 1.99. The fourth-order valence-corrected chi connectivity index (χ4v) is 2.77. The monoisotopic (exact) mass is 398 g/mol. The molecule has 0 heterocycles. The van der Waals surface area contributed by atoms with Gasteiger partial charge in [-0.25, -0.2) is 0 Å². The van der Waals surface area contributed by atoms with Gasteiger partial charge in [-0.3, -0.25) is 9.59 Å². The Morgan fingerprint density at radius 2 is 1.29 bits per heavy atom. The van der Waals surface area contributed by atoms with Crippen molar-refractivity contribution < 1.29 is 14.7 Å². The lowest BCUT2D eigenvalue weighted by Crippen LogP contribution is -2.25. The van der Waals surface area contributed by atoms with Gasteiger partial charge in [-0.1, -0.05) is 70.4 Å². The fraction of sp³-hybridized carbons (Fsp3) is 0.826. The molecule has 0 spiro atoms. The summed E-state index contributed by atoms with van der Waals surface area (Å²) in [5.41, 5.74) is 5.39. The molecule has 0 fully saturated rings. The Morgan fingerprint density at radius 3 is 1.79 bits per heavy atom. The number of rotatable bonds is 18. The van der Waals surface area contributed by atoms with Crippen LogP contribution in [0.5, 0.6) is 0 Å². The van der Waals surface area contributed by atoms with Crippen LogP contribution < -0.4 is 11.1 Å². The third-order valence-corrected chi connectivity index (χ3v) is 4.37. The van der Waals surface area contributed by atoms with Crippen LogP contribution in [0.15, 0.2) is 12.2 Å². The molecular weight excluding hydrogens is 352 g/mol. The van der Waals surface area contributed by atoms with E-state index in [1.165, 1.54) is 77.0 Å². The summed E-state index contributed by atoms with van der Waals surface area (Å²) >= 11 is 0. The van der Waals surface area contributed by atoms with E-state index in [4.69, 9.17) is 15.6 Å². The molecule has 5 heteroatoms. The van der Waals surface area contributed by atoms with Crippen LogP contribution >= 0.6 is 0 Å². The molecule has 0 radical (unpaired) electrons. The van der Waals surface area contributed by atoms with Gasteiger partial charge in [-0.05, 0) is 45.1 Å². The van der Waals surface area contributed by atoms with E-state index < -0.39 is 5.97 Å². The smallest absolute Gasteiger partial charge is 0.300 e. The summed E-state index contributed by atoms with van der Waals surface area (Å²) in [6.45, 7) is 4.72. The zero-order chi connectivity index (χ0) is 21.3. The van der Waals surface area contributed by atoms with Gasteiger partial charge in [0.2, 0.25) is 5.91 Å². The van der Waals surface area contributed by atoms with E-state index in [-0.39, 0.29) is 5.91 Å². The first kappa shape index (κ1) is 28.8. The molecule has 0 rings (SSSR count). The van der Waals surface area contributed by atoms with E-state index in [0.717, 1.165) is 26.3 Å². The number of unbranched alkanes of at least 4 members (excludes halogenated alkanes) is 11. The van der Waals surface area contributed by atoms with Crippen LogP contribution in [-0.4, -0.2) is 30.1 Å². The molecule has 0 bridgehead atoms. The van der Waals surface area contributed by atoms with Crippen molar-refractivity contribution in [3.05, 3.63) is 12.2 Å². The van der Waals surface area contributed by atoms with Crippen molar-refractivity contribution in [3.8, 4) is 0 Å². The normalized spacial score (nSPS) is 10.5. The molecular formula is C23H46N2O3. The van der Waals surface area contributed by atoms with Gasteiger partial charge < -0.3 is 16.2 Å². The van der Waals surface area contributed by atoms with Gasteiger partial charge in [-0.2, -0.15) is 0 Å². The number of aliphatic carboxylic acids is 1. The minimum absolute atomic E-state index is 0.182. The molecule has 0 saturated heterocycles. The van der Waals surface area contributed by atoms with Gasteiger partial charge in [0.15, 0.2) is 0 Å². The van der Waals surface area contributed by atoms with Crippen molar-refractivity contribution in [1.82, 2.24) is 5.32 Å². The van der Waals surface area contributed by atoms with Gasteiger partial charge in [0, 0.05) is 19.9 Å². The molecule has 0 aromatic carbocycles. The maximum atomic E-state index is 11.5. The van der Waals surface area contributed by atoms with E-state index in [2.05, 4.69) is 24.4 Å². The van der Waals surface area contributed by atoms with Crippen molar-refractivity contribution >= 4 is 11.9 Å². The van der Waals surface area contributed by atoms with Gasteiger partial charge in [0.1, 0.15) is 0 Å². The highest BCUT2D eigenvalue weighted by atomic mass is 16.4. The van der Waals surface area contributed by atoms with Crippen LogP contribution in [0.2, 0.25) is 0 Å². The largest absolute Gasteiger partial charge is 0.481 e. The number of nitrogens with one attached hydrogen (secondary N) is 1. The predicted octanol–water partition coefficient (Wildman–Crippen LogP) is 5.58. The first-order valence-electron chi connectivity index (χ1n) is 11.4. The number of hydrogen-bond acceptors (Lipinski definition) is 3. The van der Waals surface area contributed by atoms with Crippen LogP contribution in [-0.2, 0) is 9.59 Å². The second-order valence-electron chi connectivity index (χ2n) is 7.35. The highest BCUT2D eigenvalue weighted by molar-refractivity contribution is 5.75. The van der Waals surface area contributed by atoms with Crippen LogP contribution in [0.1, 0.15) is 110 Å². The summed E-state index contributed by atoms with van der Waals surface area (Å²) < 4.78 is 0. The van der Waals surface area contributed by atoms with E-state index >= 15 is 0 Å². The van der Waals surface area contributed by atoms with Crippen LogP contribution in [0.3, 0.4) is 0 Å². The Labute approximate surface area is 173 Å². The quantitative estimate of drug-likeness (QED) is 0.207. The number of carboxylic acids is 1. The average Bonchev–Trinajstić information content (AvgIpc) is 2.64. The maximum absolute atomic E-state index is 11.5. The van der Waals surface area contributed by atoms with Gasteiger partial charge in [-0.15, -0.1) is 0 Å². The van der Waals surface area contributed by atoms with Crippen LogP contribution in [0, 0.1) is 0 Å². The Kier molecular flexibility index (Phi) is 26.4. The molecule has 28 heavy (non-hydrogen) atoms. The predicted molar refractivity (Wildman–Crippen MR) is 119 cm³/mol. The number of carbonyl (C=O) groups excluding carboxylic acids is 1. The number of allylic oxidation sites excluding steroid dienone is 2. The molecule has 0 aliphatic heterocycles. The van der Waals surface area contributed by atoms with Crippen molar-refractivity contribution in [2.45, 2.75) is 110 Å². The van der Waals surface area contributed by atoms with Crippen LogP contribution in [0.4, 0.5) is 0 Å². The second-order valence-corrected chi connectivity index (χ2v) is 7.35. The van der Waals surface area contributed by atoms with Crippen molar-refractivity contribution in [2.75, 3.05) is 13.1 Å². The number of carboxylic acid groups (broad SMARTS) is 1. The topological polar surface area (TPSA) is 92.4 Å². The van der Waals surface area contributed by atoms with Crippen molar-refractivity contribution in [3.63, 3.8) is 0 Å². The van der Waals surface area contributed by atoms with E-state index in [1.54, 1.807) is 0 Å². The third-order valence-electron chi connectivity index (χ3n) is 4.37. The highest BCUT2D eigenvalue weighted by Crippen LogP contribution is 2.09. The van der Waals surface area contributed by atoms with Crippen LogP contribution in [0.25, 0.3) is 0 Å². The lowest BCUT2D eigenvalue weighted by Gasteiger charge is -2.04. The molecule has 166 valence electrons.